The molecule has 0 spiro atoms. The first-order valence-corrected chi connectivity index (χ1v) is 10.7. The van der Waals surface area contributed by atoms with E-state index in [2.05, 4.69) is 16.0 Å². The van der Waals surface area contributed by atoms with Crippen molar-refractivity contribution in [2.45, 2.75) is 44.2 Å². The van der Waals surface area contributed by atoms with E-state index < -0.39 is 0 Å². The fraction of sp³-hybridized carbons (Fsp3) is 0.375. The van der Waals surface area contributed by atoms with Gasteiger partial charge in [0.2, 0.25) is 0 Å². The zero-order chi connectivity index (χ0) is 21.4. The zero-order valence-corrected chi connectivity index (χ0v) is 17.7. The highest BCUT2D eigenvalue weighted by molar-refractivity contribution is 6.14. The molecule has 2 aliphatic rings. The third kappa shape index (κ3) is 3.59. The third-order valence-electron chi connectivity index (χ3n) is 6.16. The van der Waals surface area contributed by atoms with Crippen molar-refractivity contribution in [1.82, 2.24) is 14.5 Å². The number of hydrogen-bond donors (Lipinski definition) is 1. The number of imidazole rings is 1. The normalized spacial score (nSPS) is 22.3. The van der Waals surface area contributed by atoms with Crippen LogP contribution in [0.2, 0.25) is 0 Å². The summed E-state index contributed by atoms with van der Waals surface area (Å²) in [6.45, 7) is 2.53. The van der Waals surface area contributed by atoms with Crippen LogP contribution in [0, 0.1) is 0 Å². The van der Waals surface area contributed by atoms with Gasteiger partial charge in [0.15, 0.2) is 11.5 Å². The summed E-state index contributed by atoms with van der Waals surface area (Å²) in [6.07, 6.45) is 9.26. The van der Waals surface area contributed by atoms with Gasteiger partial charge in [-0.1, -0.05) is 0 Å². The second kappa shape index (κ2) is 8.15. The van der Waals surface area contributed by atoms with Gasteiger partial charge in [-0.05, 0) is 56.0 Å². The van der Waals surface area contributed by atoms with E-state index in [9.17, 15) is 5.11 Å². The number of hydrogen-bond acceptors (Lipinski definition) is 6. The van der Waals surface area contributed by atoms with Crippen LogP contribution in [-0.4, -0.2) is 51.2 Å². The molecule has 1 aliphatic heterocycles. The largest absolute Gasteiger partial charge is 0.493 e. The van der Waals surface area contributed by atoms with Gasteiger partial charge >= 0.3 is 0 Å². The SMILES string of the molecule is CCOc1cc2c(cc1OC)C(c1ccc(-n3ccnc3)nc1)=N[C@@H]1CC[C@@H](O)C[C@H]21. The monoisotopic (exact) mass is 418 g/mol. The van der Waals surface area contributed by atoms with Crippen LogP contribution in [0.5, 0.6) is 11.5 Å². The summed E-state index contributed by atoms with van der Waals surface area (Å²) in [7, 11) is 1.65. The van der Waals surface area contributed by atoms with Crippen LogP contribution < -0.4 is 9.47 Å². The van der Waals surface area contributed by atoms with Crippen molar-refractivity contribution < 1.29 is 14.6 Å². The highest BCUT2D eigenvalue weighted by Gasteiger charge is 2.37. The fourth-order valence-electron chi connectivity index (χ4n) is 4.68. The van der Waals surface area contributed by atoms with Crippen LogP contribution in [0.3, 0.4) is 0 Å². The number of methoxy groups -OCH3 is 1. The molecule has 1 saturated carbocycles. The van der Waals surface area contributed by atoms with Crippen LogP contribution in [0.1, 0.15) is 48.8 Å². The summed E-state index contributed by atoms with van der Waals surface area (Å²) in [6, 6.07) is 8.25. The molecule has 0 saturated heterocycles. The smallest absolute Gasteiger partial charge is 0.161 e. The van der Waals surface area contributed by atoms with Crippen molar-refractivity contribution in [3.8, 4) is 17.3 Å². The molecule has 3 aromatic rings. The molecule has 2 aromatic heterocycles. The first kappa shape index (κ1) is 19.8. The molecule has 160 valence electrons. The quantitative estimate of drug-likeness (QED) is 0.686. The van der Waals surface area contributed by atoms with Gasteiger partial charge in [0.25, 0.3) is 0 Å². The van der Waals surface area contributed by atoms with E-state index in [-0.39, 0.29) is 18.1 Å². The number of aliphatic hydroxyl groups is 1. The Hall–Kier alpha value is -3.19. The van der Waals surface area contributed by atoms with Crippen molar-refractivity contribution >= 4 is 5.71 Å². The Kier molecular flexibility index (Phi) is 5.19. The number of pyridine rings is 1. The van der Waals surface area contributed by atoms with E-state index >= 15 is 0 Å². The molecule has 3 atom stereocenters. The Bertz CT molecular complexity index is 1090. The van der Waals surface area contributed by atoms with E-state index in [4.69, 9.17) is 14.5 Å². The third-order valence-corrected chi connectivity index (χ3v) is 6.16. The van der Waals surface area contributed by atoms with Crippen molar-refractivity contribution in [2.75, 3.05) is 13.7 Å². The minimum atomic E-state index is -0.292. The number of aromatic nitrogens is 3. The van der Waals surface area contributed by atoms with Gasteiger partial charge in [-0.2, -0.15) is 0 Å². The number of aliphatic hydroxyl groups excluding tert-OH is 1. The summed E-state index contributed by atoms with van der Waals surface area (Å²) >= 11 is 0. The van der Waals surface area contributed by atoms with Crippen LogP contribution in [0.4, 0.5) is 0 Å². The van der Waals surface area contributed by atoms with Crippen molar-refractivity contribution in [3.05, 3.63) is 65.9 Å². The minimum Gasteiger partial charge on any atom is -0.493 e. The predicted octanol–water partition coefficient (Wildman–Crippen LogP) is 3.52. The van der Waals surface area contributed by atoms with Gasteiger partial charge < -0.3 is 14.6 Å². The Morgan fingerprint density at radius 1 is 1.19 bits per heavy atom. The Labute approximate surface area is 181 Å². The first-order valence-electron chi connectivity index (χ1n) is 10.7. The van der Waals surface area contributed by atoms with Gasteiger partial charge in [-0.25, -0.2) is 9.97 Å². The second-order valence-corrected chi connectivity index (χ2v) is 8.02. The summed E-state index contributed by atoms with van der Waals surface area (Å²) in [5.74, 6) is 2.40. The van der Waals surface area contributed by atoms with E-state index in [1.54, 1.807) is 19.6 Å². The number of ether oxygens (including phenoxy) is 2. The van der Waals surface area contributed by atoms with Crippen LogP contribution in [-0.2, 0) is 0 Å². The van der Waals surface area contributed by atoms with Crippen LogP contribution >= 0.6 is 0 Å². The van der Waals surface area contributed by atoms with E-state index in [0.717, 1.165) is 46.8 Å². The molecule has 1 N–H and O–H groups in total. The van der Waals surface area contributed by atoms with E-state index in [1.807, 2.05) is 42.1 Å². The highest BCUT2D eigenvalue weighted by atomic mass is 16.5. The lowest BCUT2D eigenvalue weighted by Gasteiger charge is -2.37. The van der Waals surface area contributed by atoms with Gasteiger partial charge in [-0.15, -0.1) is 0 Å². The molecule has 7 heteroatoms. The maximum atomic E-state index is 10.3. The van der Waals surface area contributed by atoms with Crippen LogP contribution in [0.25, 0.3) is 5.82 Å². The average Bonchev–Trinajstić information content (AvgIpc) is 3.34. The summed E-state index contributed by atoms with van der Waals surface area (Å²) in [5.41, 5.74) is 4.06. The number of fused-ring (bicyclic) bond motifs is 3. The average molecular weight is 418 g/mol. The number of aliphatic imine (C=N–C) groups is 1. The van der Waals surface area contributed by atoms with Crippen molar-refractivity contribution in [1.29, 1.82) is 0 Å². The predicted molar refractivity (Wildman–Crippen MR) is 118 cm³/mol. The number of benzene rings is 1. The van der Waals surface area contributed by atoms with E-state index in [1.165, 1.54) is 0 Å². The van der Waals surface area contributed by atoms with Gasteiger partial charge in [0, 0.05) is 35.6 Å². The standard InChI is InChI=1S/C24H26N4O3/c1-3-31-22-11-17-18-10-16(29)5-6-20(18)27-24(19(17)12-21(22)30-2)15-4-7-23(26-13-15)28-9-8-25-14-28/h4,7-9,11-14,16,18,20,29H,3,5-6,10H2,1-2H3/t16-,18-,20-/m1/s1. The van der Waals surface area contributed by atoms with Gasteiger partial charge in [0.05, 0.1) is 31.6 Å². The van der Waals surface area contributed by atoms with Gasteiger partial charge in [-0.3, -0.25) is 9.56 Å². The molecule has 0 radical (unpaired) electrons. The first-order chi connectivity index (χ1) is 15.2. The number of nitrogens with zero attached hydrogens (tertiary/aromatic N) is 4. The Morgan fingerprint density at radius 2 is 2.10 bits per heavy atom. The molecule has 3 heterocycles. The summed E-state index contributed by atoms with van der Waals surface area (Å²) < 4.78 is 13.3. The molecule has 31 heavy (non-hydrogen) atoms. The molecule has 1 aromatic carbocycles. The number of rotatable bonds is 5. The van der Waals surface area contributed by atoms with Gasteiger partial charge in [0.1, 0.15) is 12.1 Å². The molecule has 7 nitrogen and oxygen atoms in total. The molecule has 1 fully saturated rings. The maximum Gasteiger partial charge on any atom is 0.161 e. The van der Waals surface area contributed by atoms with E-state index in [0.29, 0.717) is 18.8 Å². The Balaban J connectivity index is 1.61. The molecule has 0 amide bonds. The maximum absolute atomic E-state index is 10.3. The molecule has 5 rings (SSSR count). The summed E-state index contributed by atoms with van der Waals surface area (Å²) in [5, 5.41) is 10.3. The molecule has 1 aliphatic carbocycles. The summed E-state index contributed by atoms with van der Waals surface area (Å²) in [4.78, 5) is 13.9. The second-order valence-electron chi connectivity index (χ2n) is 8.02. The zero-order valence-electron chi connectivity index (χ0n) is 17.7. The minimum absolute atomic E-state index is 0.141. The molecule has 0 bridgehead atoms. The lowest BCUT2D eigenvalue weighted by molar-refractivity contribution is 0.111. The molecule has 0 unspecified atom stereocenters. The lowest BCUT2D eigenvalue weighted by atomic mass is 9.74. The lowest BCUT2D eigenvalue weighted by Crippen LogP contribution is -2.34. The van der Waals surface area contributed by atoms with Crippen molar-refractivity contribution in [2.24, 2.45) is 4.99 Å². The highest BCUT2D eigenvalue weighted by Crippen LogP contribution is 2.44. The molecular weight excluding hydrogens is 392 g/mol. The molecular formula is C24H26N4O3. The Morgan fingerprint density at radius 3 is 2.81 bits per heavy atom. The fourth-order valence-corrected chi connectivity index (χ4v) is 4.68. The topological polar surface area (TPSA) is 81.8 Å². The van der Waals surface area contributed by atoms with Crippen LogP contribution in [0.15, 0.2) is 54.2 Å². The van der Waals surface area contributed by atoms with Crippen molar-refractivity contribution in [3.63, 3.8) is 0 Å².